The molecule has 1 N–H and O–H groups in total. The Morgan fingerprint density at radius 3 is 2.50 bits per heavy atom. The first kappa shape index (κ1) is 27.0. The number of carbonyl (C=O) groups excluding carboxylic acids is 2. The Bertz CT molecular complexity index is 1420. The molecule has 202 valence electrons. The van der Waals surface area contributed by atoms with Crippen LogP contribution in [0, 0.1) is 6.92 Å². The second kappa shape index (κ2) is 10.8. The molecule has 4 rings (SSSR count). The molecule has 0 bridgehead atoms. The number of nitrogens with one attached hydrogen (secondary N) is 1. The summed E-state index contributed by atoms with van der Waals surface area (Å²) in [6.45, 7) is 7.49. The SMILES string of the molecule is COc1ccc(C(=O)OC[C@H](C)NC(=O)Cc2c(C)c3c(OC)cc4c(c3oc2=O)CCC(C)(C)O4)cc1. The van der Waals surface area contributed by atoms with E-state index in [1.165, 1.54) is 0 Å². The van der Waals surface area contributed by atoms with Crippen molar-refractivity contribution >= 4 is 22.8 Å². The summed E-state index contributed by atoms with van der Waals surface area (Å²) in [6, 6.07) is 7.87. The third kappa shape index (κ3) is 5.61. The number of ether oxygens (including phenoxy) is 4. The minimum absolute atomic E-state index is 0.0295. The Hall–Kier alpha value is -4.01. The van der Waals surface area contributed by atoms with Gasteiger partial charge in [0.15, 0.2) is 0 Å². The van der Waals surface area contributed by atoms with Crippen LogP contribution < -0.4 is 25.2 Å². The number of hydrogen-bond donors (Lipinski definition) is 1. The first-order valence-electron chi connectivity index (χ1n) is 12.5. The Morgan fingerprint density at radius 2 is 1.84 bits per heavy atom. The van der Waals surface area contributed by atoms with E-state index in [0.717, 1.165) is 12.0 Å². The number of fused-ring (bicyclic) bond motifs is 3. The fourth-order valence-corrected chi connectivity index (χ4v) is 4.59. The van der Waals surface area contributed by atoms with E-state index >= 15 is 0 Å². The maximum absolute atomic E-state index is 13.0. The number of benzene rings is 2. The van der Waals surface area contributed by atoms with Crippen LogP contribution in [0.2, 0.25) is 0 Å². The molecule has 1 amide bonds. The van der Waals surface area contributed by atoms with Gasteiger partial charge in [0.1, 0.15) is 35.0 Å². The van der Waals surface area contributed by atoms with Crippen LogP contribution in [0.1, 0.15) is 54.2 Å². The van der Waals surface area contributed by atoms with E-state index in [-0.39, 0.29) is 24.2 Å². The fraction of sp³-hybridized carbons (Fsp3) is 0.414. The molecule has 0 unspecified atom stereocenters. The van der Waals surface area contributed by atoms with Crippen molar-refractivity contribution in [1.82, 2.24) is 5.32 Å². The molecule has 1 aliphatic rings. The minimum Gasteiger partial charge on any atom is -0.497 e. The predicted octanol–water partition coefficient (Wildman–Crippen LogP) is 4.13. The highest BCUT2D eigenvalue weighted by Gasteiger charge is 2.31. The Balaban J connectivity index is 1.48. The molecule has 0 spiro atoms. The largest absolute Gasteiger partial charge is 0.497 e. The highest BCUT2D eigenvalue weighted by atomic mass is 16.5. The number of carbonyl (C=O) groups is 2. The molecule has 1 atom stereocenters. The number of aryl methyl sites for hydroxylation is 2. The molecule has 9 heteroatoms. The van der Waals surface area contributed by atoms with E-state index < -0.39 is 23.5 Å². The van der Waals surface area contributed by atoms with Gasteiger partial charge in [-0.05, 0) is 70.4 Å². The molecule has 3 aromatic rings. The zero-order chi connectivity index (χ0) is 27.6. The van der Waals surface area contributed by atoms with Crippen molar-refractivity contribution < 1.29 is 33.0 Å². The van der Waals surface area contributed by atoms with Crippen molar-refractivity contribution in [2.24, 2.45) is 0 Å². The van der Waals surface area contributed by atoms with Crippen molar-refractivity contribution in [1.29, 1.82) is 0 Å². The third-order valence-corrected chi connectivity index (χ3v) is 6.69. The van der Waals surface area contributed by atoms with Crippen LogP contribution in [0.3, 0.4) is 0 Å². The number of esters is 1. The fourth-order valence-electron chi connectivity index (χ4n) is 4.59. The standard InChI is InChI=1S/C29H33NO8/c1-16(15-36-27(32)18-7-9-19(34-5)10-8-18)30-24(31)13-21-17(2)25-23(35-6)14-22-20(26(25)37-28(21)33)11-12-29(3,4)38-22/h7-10,14,16H,11-13,15H2,1-6H3,(H,30,31)/t16-/m0/s1. The van der Waals surface area contributed by atoms with Gasteiger partial charge in [-0.15, -0.1) is 0 Å². The second-order valence-electron chi connectivity index (χ2n) is 10.1. The van der Waals surface area contributed by atoms with Gasteiger partial charge in [0, 0.05) is 11.6 Å². The van der Waals surface area contributed by atoms with Crippen LogP contribution in [-0.2, 0) is 22.4 Å². The van der Waals surface area contributed by atoms with E-state index in [2.05, 4.69) is 5.32 Å². The number of rotatable bonds is 8. The summed E-state index contributed by atoms with van der Waals surface area (Å²) in [6.07, 6.45) is 1.28. The zero-order valence-corrected chi connectivity index (χ0v) is 22.6. The normalized spacial score (nSPS) is 14.7. The Morgan fingerprint density at radius 1 is 1.13 bits per heavy atom. The lowest BCUT2D eigenvalue weighted by Gasteiger charge is -2.33. The van der Waals surface area contributed by atoms with Gasteiger partial charge < -0.3 is 28.7 Å². The van der Waals surface area contributed by atoms with E-state index in [9.17, 15) is 14.4 Å². The van der Waals surface area contributed by atoms with Gasteiger partial charge in [0.2, 0.25) is 5.91 Å². The monoisotopic (exact) mass is 523 g/mol. The summed E-state index contributed by atoms with van der Waals surface area (Å²) in [5.74, 6) is 0.873. The summed E-state index contributed by atoms with van der Waals surface area (Å²) in [7, 11) is 3.08. The zero-order valence-electron chi connectivity index (χ0n) is 22.6. The van der Waals surface area contributed by atoms with Gasteiger partial charge in [-0.1, -0.05) is 0 Å². The number of hydrogen-bond acceptors (Lipinski definition) is 8. The van der Waals surface area contributed by atoms with Crippen LogP contribution in [0.5, 0.6) is 17.2 Å². The quantitative estimate of drug-likeness (QED) is 0.346. The van der Waals surface area contributed by atoms with Crippen LogP contribution in [0.25, 0.3) is 11.0 Å². The molecule has 2 heterocycles. The summed E-state index contributed by atoms with van der Waals surface area (Å²) in [4.78, 5) is 38.1. The maximum atomic E-state index is 13.0. The molecule has 0 fully saturated rings. The average Bonchev–Trinajstić information content (AvgIpc) is 2.88. The molecule has 1 aliphatic heterocycles. The van der Waals surface area contributed by atoms with Crippen LogP contribution >= 0.6 is 0 Å². The van der Waals surface area contributed by atoms with Crippen LogP contribution in [-0.4, -0.2) is 44.3 Å². The minimum atomic E-state index is -0.580. The molecule has 1 aromatic heterocycles. The predicted molar refractivity (Wildman–Crippen MR) is 141 cm³/mol. The highest BCUT2D eigenvalue weighted by Crippen LogP contribution is 2.43. The van der Waals surface area contributed by atoms with E-state index in [4.69, 9.17) is 23.4 Å². The Kier molecular flexibility index (Phi) is 7.66. The molecule has 2 aromatic carbocycles. The molecule has 38 heavy (non-hydrogen) atoms. The molecular weight excluding hydrogens is 490 g/mol. The maximum Gasteiger partial charge on any atom is 0.340 e. The second-order valence-corrected chi connectivity index (χ2v) is 10.1. The molecular formula is C29H33NO8. The molecule has 0 radical (unpaired) electrons. The Labute approximate surface area is 221 Å². The van der Waals surface area contributed by atoms with Crippen molar-refractivity contribution in [3.05, 3.63) is 63.0 Å². The molecule has 0 aliphatic carbocycles. The lowest BCUT2D eigenvalue weighted by Crippen LogP contribution is -2.38. The molecule has 0 saturated carbocycles. The summed E-state index contributed by atoms with van der Waals surface area (Å²) in [5, 5.41) is 3.43. The van der Waals surface area contributed by atoms with Crippen molar-refractivity contribution in [2.75, 3.05) is 20.8 Å². The average molecular weight is 524 g/mol. The highest BCUT2D eigenvalue weighted by molar-refractivity contribution is 5.93. The number of amides is 1. The molecule has 9 nitrogen and oxygen atoms in total. The molecule has 0 saturated heterocycles. The van der Waals surface area contributed by atoms with Gasteiger partial charge in [-0.25, -0.2) is 9.59 Å². The van der Waals surface area contributed by atoms with Crippen molar-refractivity contribution in [3.8, 4) is 17.2 Å². The van der Waals surface area contributed by atoms with Gasteiger partial charge >= 0.3 is 11.6 Å². The van der Waals surface area contributed by atoms with Crippen molar-refractivity contribution in [2.45, 2.75) is 58.6 Å². The van der Waals surface area contributed by atoms with E-state index in [1.807, 2.05) is 19.9 Å². The third-order valence-electron chi connectivity index (χ3n) is 6.69. The van der Waals surface area contributed by atoms with Crippen LogP contribution in [0.4, 0.5) is 0 Å². The van der Waals surface area contributed by atoms with E-state index in [1.54, 1.807) is 52.3 Å². The van der Waals surface area contributed by atoms with Crippen molar-refractivity contribution in [3.63, 3.8) is 0 Å². The topological polar surface area (TPSA) is 113 Å². The lowest BCUT2D eigenvalue weighted by atomic mass is 9.91. The summed E-state index contributed by atoms with van der Waals surface area (Å²) < 4.78 is 27.9. The van der Waals surface area contributed by atoms with Crippen LogP contribution in [0.15, 0.2) is 39.5 Å². The van der Waals surface area contributed by atoms with Gasteiger partial charge in [-0.3, -0.25) is 4.79 Å². The van der Waals surface area contributed by atoms with Gasteiger partial charge in [0.05, 0.1) is 43.2 Å². The van der Waals surface area contributed by atoms with Gasteiger partial charge in [0.25, 0.3) is 0 Å². The van der Waals surface area contributed by atoms with Gasteiger partial charge in [-0.2, -0.15) is 0 Å². The first-order valence-corrected chi connectivity index (χ1v) is 12.5. The smallest absolute Gasteiger partial charge is 0.340 e. The number of methoxy groups -OCH3 is 2. The van der Waals surface area contributed by atoms with E-state index in [0.29, 0.717) is 45.8 Å². The first-order chi connectivity index (χ1) is 18.0. The summed E-state index contributed by atoms with van der Waals surface area (Å²) >= 11 is 0. The summed E-state index contributed by atoms with van der Waals surface area (Å²) in [5.41, 5.74) is 1.58. The lowest BCUT2D eigenvalue weighted by molar-refractivity contribution is -0.121.